The highest BCUT2D eigenvalue weighted by atomic mass is 127. The fourth-order valence-corrected chi connectivity index (χ4v) is 2.93. The van der Waals surface area contributed by atoms with E-state index in [0.29, 0.717) is 50.8 Å². The molecular weight excluding hydrogens is 481 g/mol. The largest absolute Gasteiger partial charge is 0.387 e. The van der Waals surface area contributed by atoms with Crippen LogP contribution in [0.4, 0.5) is 8.78 Å². The molecule has 1 aromatic carbocycles. The second kappa shape index (κ2) is 12.5. The summed E-state index contributed by atoms with van der Waals surface area (Å²) in [4.78, 5) is 6.60. The summed E-state index contributed by atoms with van der Waals surface area (Å²) >= 11 is 0. The lowest BCUT2D eigenvalue weighted by Gasteiger charge is -2.33. The van der Waals surface area contributed by atoms with E-state index in [1.165, 1.54) is 6.07 Å². The van der Waals surface area contributed by atoms with Crippen molar-refractivity contribution in [3.63, 3.8) is 0 Å². The number of hydrogen-bond donors (Lipinski definition) is 3. The molecule has 0 aliphatic carbocycles. The SMILES string of the molecule is CCNC(=NCC(C)(O)CN1CCOCC1)NCCc1cc(F)ccc1F.I. The lowest BCUT2D eigenvalue weighted by Crippen LogP contribution is -2.48. The van der Waals surface area contributed by atoms with Gasteiger partial charge in [0.05, 0.1) is 25.4 Å². The van der Waals surface area contributed by atoms with Crippen molar-refractivity contribution >= 4 is 29.9 Å². The van der Waals surface area contributed by atoms with E-state index in [4.69, 9.17) is 4.74 Å². The standard InChI is InChI=1S/C19H30F2N4O2.HI/c1-3-22-18(23-7-6-15-12-16(20)4-5-17(15)21)24-13-19(2,26)14-25-8-10-27-11-9-25;/h4-5,12,26H,3,6-11,13-14H2,1-2H3,(H2,22,23,24);1H. The van der Waals surface area contributed by atoms with Gasteiger partial charge in [0.15, 0.2) is 5.96 Å². The monoisotopic (exact) mass is 512 g/mol. The third-order valence-corrected chi connectivity index (χ3v) is 4.28. The van der Waals surface area contributed by atoms with Gasteiger partial charge in [0.1, 0.15) is 11.6 Å². The highest BCUT2D eigenvalue weighted by Crippen LogP contribution is 2.10. The smallest absolute Gasteiger partial charge is 0.191 e. The van der Waals surface area contributed by atoms with Crippen LogP contribution in [0.1, 0.15) is 19.4 Å². The van der Waals surface area contributed by atoms with Crippen molar-refractivity contribution in [2.24, 2.45) is 4.99 Å². The van der Waals surface area contributed by atoms with E-state index < -0.39 is 17.2 Å². The molecule has 0 radical (unpaired) electrons. The summed E-state index contributed by atoms with van der Waals surface area (Å²) in [5.74, 6) is -0.337. The summed E-state index contributed by atoms with van der Waals surface area (Å²) in [5.41, 5.74) is -0.647. The second-order valence-corrected chi connectivity index (χ2v) is 6.99. The summed E-state index contributed by atoms with van der Waals surface area (Å²) in [5, 5.41) is 16.8. The van der Waals surface area contributed by atoms with Crippen molar-refractivity contribution in [1.82, 2.24) is 15.5 Å². The average molecular weight is 512 g/mol. The molecule has 6 nitrogen and oxygen atoms in total. The number of halogens is 3. The third kappa shape index (κ3) is 8.97. The van der Waals surface area contributed by atoms with Crippen LogP contribution >= 0.6 is 24.0 Å². The Morgan fingerprint density at radius 3 is 2.68 bits per heavy atom. The number of nitrogens with one attached hydrogen (secondary N) is 2. The molecule has 1 aromatic rings. The molecule has 1 unspecified atom stereocenters. The summed E-state index contributed by atoms with van der Waals surface area (Å²) in [6.07, 6.45) is 0.332. The number of aliphatic imine (C=N–C) groups is 1. The summed E-state index contributed by atoms with van der Waals surface area (Å²) in [6.45, 7) is 8.48. The van der Waals surface area contributed by atoms with Crippen LogP contribution in [0, 0.1) is 11.6 Å². The average Bonchev–Trinajstić information content (AvgIpc) is 2.63. The van der Waals surface area contributed by atoms with Crippen LogP contribution in [-0.4, -0.2) is 74.0 Å². The van der Waals surface area contributed by atoms with E-state index in [0.717, 1.165) is 25.2 Å². The number of benzene rings is 1. The Hall–Kier alpha value is -1.04. The zero-order valence-corrected chi connectivity index (χ0v) is 18.8. The molecular formula is C19H31F2IN4O2. The number of ether oxygens (including phenoxy) is 1. The van der Waals surface area contributed by atoms with E-state index in [1.54, 1.807) is 6.92 Å². The Morgan fingerprint density at radius 2 is 2.00 bits per heavy atom. The molecule has 1 saturated heterocycles. The van der Waals surface area contributed by atoms with Crippen LogP contribution in [0.3, 0.4) is 0 Å². The van der Waals surface area contributed by atoms with Gasteiger partial charge in [-0.3, -0.25) is 9.89 Å². The van der Waals surface area contributed by atoms with Crippen LogP contribution in [0.5, 0.6) is 0 Å². The molecule has 28 heavy (non-hydrogen) atoms. The number of hydrogen-bond acceptors (Lipinski definition) is 4. The van der Waals surface area contributed by atoms with Gasteiger partial charge in [-0.15, -0.1) is 24.0 Å². The van der Waals surface area contributed by atoms with Gasteiger partial charge in [-0.25, -0.2) is 8.78 Å². The topological polar surface area (TPSA) is 69.1 Å². The number of nitrogens with zero attached hydrogens (tertiary/aromatic N) is 2. The van der Waals surface area contributed by atoms with Gasteiger partial charge >= 0.3 is 0 Å². The first-order valence-corrected chi connectivity index (χ1v) is 9.38. The normalized spacial score (nSPS) is 17.5. The summed E-state index contributed by atoms with van der Waals surface area (Å²) in [6, 6.07) is 3.44. The molecule has 1 heterocycles. The minimum atomic E-state index is -0.964. The molecule has 1 atom stereocenters. The Balaban J connectivity index is 0.00000392. The van der Waals surface area contributed by atoms with Gasteiger partial charge in [0.2, 0.25) is 0 Å². The molecule has 0 amide bonds. The molecule has 1 fully saturated rings. The Kier molecular flexibility index (Phi) is 11.2. The van der Waals surface area contributed by atoms with E-state index in [1.807, 2.05) is 6.92 Å². The molecule has 160 valence electrons. The molecule has 9 heteroatoms. The fraction of sp³-hybridized carbons (Fsp3) is 0.632. The minimum Gasteiger partial charge on any atom is -0.387 e. The van der Waals surface area contributed by atoms with Crippen LogP contribution in [0.2, 0.25) is 0 Å². The maximum absolute atomic E-state index is 13.7. The van der Waals surface area contributed by atoms with Crippen LogP contribution < -0.4 is 10.6 Å². The number of morpholine rings is 1. The Morgan fingerprint density at radius 1 is 1.29 bits per heavy atom. The van der Waals surface area contributed by atoms with Crippen molar-refractivity contribution in [2.45, 2.75) is 25.9 Å². The predicted octanol–water partition coefficient (Wildman–Crippen LogP) is 1.76. The van der Waals surface area contributed by atoms with E-state index in [-0.39, 0.29) is 30.5 Å². The predicted molar refractivity (Wildman–Crippen MR) is 117 cm³/mol. The lowest BCUT2D eigenvalue weighted by molar-refractivity contribution is -0.0179. The van der Waals surface area contributed by atoms with Crippen LogP contribution in [0.25, 0.3) is 0 Å². The van der Waals surface area contributed by atoms with Crippen LogP contribution in [-0.2, 0) is 11.2 Å². The van der Waals surface area contributed by atoms with E-state index in [2.05, 4.69) is 20.5 Å². The molecule has 1 aliphatic heterocycles. The van der Waals surface area contributed by atoms with Crippen molar-refractivity contribution in [1.29, 1.82) is 0 Å². The van der Waals surface area contributed by atoms with Gasteiger partial charge in [-0.2, -0.15) is 0 Å². The molecule has 0 saturated carbocycles. The maximum atomic E-state index is 13.7. The number of β-amino-alcohol motifs (C(OH)–C–C–N with tert-alkyl or cyclic N) is 1. The number of guanidine groups is 1. The lowest BCUT2D eigenvalue weighted by atomic mass is 10.1. The highest BCUT2D eigenvalue weighted by Gasteiger charge is 2.25. The minimum absolute atomic E-state index is 0. The van der Waals surface area contributed by atoms with E-state index in [9.17, 15) is 13.9 Å². The molecule has 0 aromatic heterocycles. The molecule has 0 bridgehead atoms. The number of aliphatic hydroxyl groups is 1. The van der Waals surface area contributed by atoms with Gasteiger partial charge in [0, 0.05) is 32.7 Å². The molecule has 2 rings (SSSR count). The van der Waals surface area contributed by atoms with Crippen molar-refractivity contribution < 1.29 is 18.6 Å². The van der Waals surface area contributed by atoms with Crippen molar-refractivity contribution in [3.8, 4) is 0 Å². The quantitative estimate of drug-likeness (QED) is 0.282. The zero-order valence-electron chi connectivity index (χ0n) is 16.5. The zero-order chi connectivity index (χ0) is 19.7. The van der Waals surface area contributed by atoms with Crippen molar-refractivity contribution in [3.05, 3.63) is 35.4 Å². The van der Waals surface area contributed by atoms with Crippen LogP contribution in [0.15, 0.2) is 23.2 Å². The first-order valence-electron chi connectivity index (χ1n) is 9.38. The Labute approximate surface area is 182 Å². The number of rotatable bonds is 8. The summed E-state index contributed by atoms with van der Waals surface area (Å²) < 4.78 is 32.2. The van der Waals surface area contributed by atoms with Crippen molar-refractivity contribution in [2.75, 3.05) is 52.5 Å². The van der Waals surface area contributed by atoms with Gasteiger partial charge < -0.3 is 20.5 Å². The van der Waals surface area contributed by atoms with Gasteiger partial charge in [-0.05, 0) is 44.0 Å². The molecule has 1 aliphatic rings. The third-order valence-electron chi connectivity index (χ3n) is 4.28. The second-order valence-electron chi connectivity index (χ2n) is 6.99. The maximum Gasteiger partial charge on any atom is 0.191 e. The molecule has 3 N–H and O–H groups in total. The fourth-order valence-electron chi connectivity index (χ4n) is 2.93. The Bertz CT molecular complexity index is 626. The first kappa shape index (κ1) is 25.0. The molecule has 0 spiro atoms. The van der Waals surface area contributed by atoms with Gasteiger partial charge in [0.25, 0.3) is 0 Å². The van der Waals surface area contributed by atoms with E-state index >= 15 is 0 Å². The van der Waals surface area contributed by atoms with Gasteiger partial charge in [-0.1, -0.05) is 0 Å². The summed E-state index contributed by atoms with van der Waals surface area (Å²) in [7, 11) is 0. The highest BCUT2D eigenvalue weighted by molar-refractivity contribution is 14.0. The first-order chi connectivity index (χ1) is 12.9.